The number of epoxide rings is 1. The van der Waals surface area contributed by atoms with E-state index < -0.39 is 22.1 Å². The van der Waals surface area contributed by atoms with Gasteiger partial charge in [0.15, 0.2) is 0 Å². The molecule has 1 atom stereocenters. The van der Waals surface area contributed by atoms with E-state index in [1.165, 1.54) is 19.2 Å². The second-order valence-electron chi connectivity index (χ2n) is 9.06. The Balaban J connectivity index is 0. The van der Waals surface area contributed by atoms with Gasteiger partial charge in [-0.3, -0.25) is 4.18 Å². The van der Waals surface area contributed by atoms with E-state index in [1.54, 1.807) is 32.9 Å². The minimum absolute atomic E-state index is 0.0451. The van der Waals surface area contributed by atoms with Gasteiger partial charge in [-0.25, -0.2) is 19.2 Å². The number of methoxy groups -OCH3 is 1. The zero-order valence-corrected chi connectivity index (χ0v) is 27.3. The maximum Gasteiger partial charge on any atom is 0.333 e. The summed E-state index contributed by atoms with van der Waals surface area (Å²) in [4.78, 5) is 42.3. The molecule has 1 N–H and O–H groups in total. The summed E-state index contributed by atoms with van der Waals surface area (Å²) >= 11 is 0. The van der Waals surface area contributed by atoms with Crippen molar-refractivity contribution in [2.24, 2.45) is 0 Å². The van der Waals surface area contributed by atoms with Crippen molar-refractivity contribution in [1.29, 1.82) is 0 Å². The number of benzene rings is 1. The smallest absolute Gasteiger partial charge is 0.333 e. The van der Waals surface area contributed by atoms with Crippen LogP contribution in [-0.2, 0) is 57.2 Å². The number of aliphatic hydroxyl groups excluding tert-OH is 1. The Kier molecular flexibility index (Phi) is 23.2. The van der Waals surface area contributed by atoms with Crippen molar-refractivity contribution in [1.82, 2.24) is 0 Å². The predicted octanol–water partition coefficient (Wildman–Crippen LogP) is 3.16. The monoisotopic (exact) mass is 656 g/mol. The van der Waals surface area contributed by atoms with Gasteiger partial charge in [-0.15, -0.1) is 0 Å². The second kappa shape index (κ2) is 24.2. The third-order valence-electron chi connectivity index (χ3n) is 4.61. The summed E-state index contributed by atoms with van der Waals surface area (Å²) in [6.07, 6.45) is 1.62. The number of rotatable bonds is 14. The van der Waals surface area contributed by atoms with Crippen molar-refractivity contribution in [2.75, 3.05) is 46.8 Å². The number of carbonyl (C=O) groups excluding carboxylic acids is 4. The summed E-state index contributed by atoms with van der Waals surface area (Å²) in [5, 5.41) is 8.30. The molecule has 0 amide bonds. The Morgan fingerprint density at radius 2 is 1.40 bits per heavy atom. The molecule has 0 bridgehead atoms. The molecule has 14 heteroatoms. The number of ether oxygens (including phenoxy) is 5. The molecule has 1 heterocycles. The van der Waals surface area contributed by atoms with E-state index in [2.05, 4.69) is 40.5 Å². The molecular formula is C31H44O13S. The highest BCUT2D eigenvalue weighted by Crippen LogP contribution is 2.13. The van der Waals surface area contributed by atoms with Crippen LogP contribution in [0.5, 0.6) is 0 Å². The number of aliphatic hydroxyl groups is 1. The fourth-order valence-electron chi connectivity index (χ4n) is 2.10. The van der Waals surface area contributed by atoms with Crippen molar-refractivity contribution in [3.63, 3.8) is 0 Å². The zero-order chi connectivity index (χ0) is 35.0. The van der Waals surface area contributed by atoms with Gasteiger partial charge in [-0.1, -0.05) is 44.0 Å². The summed E-state index contributed by atoms with van der Waals surface area (Å²) in [5.74, 6) is -1.70. The minimum atomic E-state index is -3.80. The van der Waals surface area contributed by atoms with E-state index >= 15 is 0 Å². The van der Waals surface area contributed by atoms with Crippen molar-refractivity contribution in [3.8, 4) is 0 Å². The first-order valence-electron chi connectivity index (χ1n) is 13.4. The van der Waals surface area contributed by atoms with Crippen LogP contribution < -0.4 is 0 Å². The fraction of sp³-hybridized carbons (Fsp3) is 0.419. The molecular weight excluding hydrogens is 612 g/mol. The Morgan fingerprint density at radius 1 is 0.889 bits per heavy atom. The molecule has 1 aromatic carbocycles. The van der Waals surface area contributed by atoms with Crippen LogP contribution in [0.3, 0.4) is 0 Å². The van der Waals surface area contributed by atoms with Crippen LogP contribution in [0.1, 0.15) is 32.8 Å². The first-order valence-corrected chi connectivity index (χ1v) is 14.8. The Labute approximate surface area is 265 Å². The topological polar surface area (TPSA) is 181 Å². The Hall–Kier alpha value is -4.11. The van der Waals surface area contributed by atoms with Gasteiger partial charge in [0.25, 0.3) is 10.1 Å². The normalized spacial score (nSPS) is 12.4. The standard InChI is InChI=1S/C12H14O5S.C7H10O3.C7H12O3.C5H8O2/c1-3-12(13)16-8-9-17-18(14,15)11-6-4-10(2)5-7-11;1-5(2)7(8)10-4-6-3-9-6;1-6(2)7(9)10-5-3-4-8;1-4(2)5(6)7-3/h3-7H,1,8-9H2,2H3;6H,1,3-4H2,2H3;8H,1,3-5H2,2H3;1H2,2-3H3. The molecule has 0 aliphatic carbocycles. The number of hydrogen-bond donors (Lipinski definition) is 1. The lowest BCUT2D eigenvalue weighted by molar-refractivity contribution is -0.140. The van der Waals surface area contributed by atoms with Gasteiger partial charge in [0.1, 0.15) is 25.9 Å². The molecule has 1 aliphatic rings. The molecule has 1 aliphatic heterocycles. The quantitative estimate of drug-likeness (QED) is 0.0771. The SMILES string of the molecule is C=C(C)C(=O)OC.C=C(C)C(=O)OCC1CO1.C=C(C)C(=O)OCCCO.C=CC(=O)OCCOS(=O)(=O)c1ccc(C)cc1. The molecule has 45 heavy (non-hydrogen) atoms. The third-order valence-corrected chi connectivity index (χ3v) is 5.94. The Bertz CT molecular complexity index is 1240. The van der Waals surface area contributed by atoms with Crippen molar-refractivity contribution < 1.29 is 60.6 Å². The van der Waals surface area contributed by atoms with E-state index in [1.807, 2.05) is 6.92 Å². The summed E-state index contributed by atoms with van der Waals surface area (Å²) in [7, 11) is -2.47. The molecule has 1 aromatic rings. The fourth-order valence-corrected chi connectivity index (χ4v) is 2.99. The lowest BCUT2D eigenvalue weighted by Gasteiger charge is -2.06. The summed E-state index contributed by atoms with van der Waals surface area (Å²) in [6, 6.07) is 6.27. The van der Waals surface area contributed by atoms with Crippen LogP contribution in [0.15, 0.2) is 78.3 Å². The van der Waals surface area contributed by atoms with Gasteiger partial charge >= 0.3 is 23.9 Å². The molecule has 1 unspecified atom stereocenters. The Morgan fingerprint density at radius 3 is 1.80 bits per heavy atom. The molecule has 0 radical (unpaired) electrons. The number of carbonyl (C=O) groups is 4. The molecule has 13 nitrogen and oxygen atoms in total. The van der Waals surface area contributed by atoms with Gasteiger partial charge in [0.05, 0.1) is 25.2 Å². The number of aryl methyl sites for hydroxylation is 1. The van der Waals surface area contributed by atoms with E-state index in [4.69, 9.17) is 18.8 Å². The molecule has 1 fully saturated rings. The van der Waals surface area contributed by atoms with Crippen LogP contribution in [0.2, 0.25) is 0 Å². The summed E-state index contributed by atoms with van der Waals surface area (Å²) in [6.45, 7) is 21.1. The average molecular weight is 657 g/mol. The molecule has 1 saturated heterocycles. The lowest BCUT2D eigenvalue weighted by Crippen LogP contribution is -2.13. The van der Waals surface area contributed by atoms with Crippen LogP contribution in [0.25, 0.3) is 0 Å². The molecule has 0 aromatic heterocycles. The van der Waals surface area contributed by atoms with Gasteiger partial charge < -0.3 is 28.8 Å². The highest BCUT2D eigenvalue weighted by molar-refractivity contribution is 7.86. The van der Waals surface area contributed by atoms with Crippen LogP contribution in [0, 0.1) is 6.92 Å². The maximum atomic E-state index is 11.7. The van der Waals surface area contributed by atoms with Gasteiger partial charge in [0, 0.05) is 35.8 Å². The van der Waals surface area contributed by atoms with Crippen LogP contribution in [-0.4, -0.2) is 90.3 Å². The van der Waals surface area contributed by atoms with Gasteiger partial charge in [-0.2, -0.15) is 8.42 Å². The van der Waals surface area contributed by atoms with E-state index in [0.717, 1.165) is 11.6 Å². The van der Waals surface area contributed by atoms with Gasteiger partial charge in [0.2, 0.25) is 0 Å². The van der Waals surface area contributed by atoms with Gasteiger partial charge in [-0.05, 0) is 39.8 Å². The van der Waals surface area contributed by atoms with Crippen molar-refractivity contribution in [3.05, 3.63) is 78.9 Å². The van der Waals surface area contributed by atoms with Crippen molar-refractivity contribution >= 4 is 34.0 Å². The second-order valence-corrected chi connectivity index (χ2v) is 10.7. The first-order chi connectivity index (χ1) is 21.0. The molecule has 2 rings (SSSR count). The minimum Gasteiger partial charge on any atom is -0.466 e. The van der Waals surface area contributed by atoms with Crippen LogP contribution >= 0.6 is 0 Å². The molecule has 252 valence electrons. The zero-order valence-electron chi connectivity index (χ0n) is 26.5. The highest BCUT2D eigenvalue weighted by atomic mass is 32.2. The summed E-state index contributed by atoms with van der Waals surface area (Å²) < 4.78 is 51.2. The van der Waals surface area contributed by atoms with E-state index in [9.17, 15) is 27.6 Å². The predicted molar refractivity (Wildman–Crippen MR) is 165 cm³/mol. The number of esters is 4. The van der Waals surface area contributed by atoms with E-state index in [0.29, 0.717) is 36.4 Å². The number of hydrogen-bond acceptors (Lipinski definition) is 13. The van der Waals surface area contributed by atoms with E-state index in [-0.39, 0.29) is 49.4 Å². The maximum absolute atomic E-state index is 11.7. The summed E-state index contributed by atoms with van der Waals surface area (Å²) in [5.41, 5.74) is 2.20. The molecule has 0 spiro atoms. The van der Waals surface area contributed by atoms with Crippen LogP contribution in [0.4, 0.5) is 0 Å². The largest absolute Gasteiger partial charge is 0.466 e. The third kappa shape index (κ3) is 24.0. The lowest BCUT2D eigenvalue weighted by atomic mass is 10.2. The van der Waals surface area contributed by atoms with Crippen molar-refractivity contribution in [2.45, 2.75) is 45.1 Å². The average Bonchev–Trinajstić information content (AvgIpc) is 3.83. The first kappa shape index (κ1) is 43.0. The molecule has 0 saturated carbocycles. The highest BCUT2D eigenvalue weighted by Gasteiger charge is 2.24.